The summed E-state index contributed by atoms with van der Waals surface area (Å²) in [6, 6.07) is 5.60. The number of nitrogens with zero attached hydrogens (tertiary/aromatic N) is 2. The van der Waals surface area contributed by atoms with Gasteiger partial charge < -0.3 is 5.11 Å². The minimum Gasteiger partial charge on any atom is -0.387 e. The highest BCUT2D eigenvalue weighted by atomic mass is 32.1. The number of benzene rings is 1. The first-order chi connectivity index (χ1) is 10.5. The predicted octanol–water partition coefficient (Wildman–Crippen LogP) is 2.95. The quantitative estimate of drug-likeness (QED) is 0.808. The van der Waals surface area contributed by atoms with Crippen molar-refractivity contribution in [1.29, 1.82) is 0 Å². The molecular formula is C16H15FN2O2S. The van der Waals surface area contributed by atoms with Gasteiger partial charge in [-0.1, -0.05) is 12.1 Å². The SMILES string of the molecule is Cc1sc2ncn(CC(O)c3ccc(F)cc3)c(=O)c2c1C. The number of aryl methyl sites for hydroxylation is 2. The molecule has 1 unspecified atom stereocenters. The van der Waals surface area contributed by atoms with Crippen molar-refractivity contribution in [1.82, 2.24) is 9.55 Å². The van der Waals surface area contributed by atoms with E-state index in [4.69, 9.17) is 0 Å². The smallest absolute Gasteiger partial charge is 0.262 e. The third kappa shape index (κ3) is 2.55. The predicted molar refractivity (Wildman–Crippen MR) is 84.7 cm³/mol. The lowest BCUT2D eigenvalue weighted by Crippen LogP contribution is -2.23. The Morgan fingerprint density at radius 3 is 2.68 bits per heavy atom. The third-order valence-corrected chi connectivity index (χ3v) is 4.90. The summed E-state index contributed by atoms with van der Waals surface area (Å²) < 4.78 is 14.3. The average Bonchev–Trinajstić information content (AvgIpc) is 2.78. The summed E-state index contributed by atoms with van der Waals surface area (Å²) in [4.78, 5) is 18.6. The summed E-state index contributed by atoms with van der Waals surface area (Å²) in [6.07, 6.45) is 0.560. The number of halogens is 1. The van der Waals surface area contributed by atoms with Gasteiger partial charge in [0.25, 0.3) is 5.56 Å². The van der Waals surface area contributed by atoms with Crippen LogP contribution in [0.2, 0.25) is 0 Å². The van der Waals surface area contributed by atoms with Crippen LogP contribution >= 0.6 is 11.3 Å². The van der Waals surface area contributed by atoms with Gasteiger partial charge in [0.05, 0.1) is 24.4 Å². The van der Waals surface area contributed by atoms with E-state index < -0.39 is 6.10 Å². The lowest BCUT2D eigenvalue weighted by molar-refractivity contribution is 0.155. The van der Waals surface area contributed by atoms with Crippen LogP contribution in [-0.4, -0.2) is 14.7 Å². The summed E-state index contributed by atoms with van der Waals surface area (Å²) in [7, 11) is 0. The average molecular weight is 318 g/mol. The van der Waals surface area contributed by atoms with Crippen LogP contribution in [0.4, 0.5) is 4.39 Å². The van der Waals surface area contributed by atoms with E-state index in [2.05, 4.69) is 4.98 Å². The molecule has 0 aliphatic heterocycles. The minimum absolute atomic E-state index is 0.0851. The number of aromatic nitrogens is 2. The van der Waals surface area contributed by atoms with Gasteiger partial charge in [0.2, 0.25) is 0 Å². The van der Waals surface area contributed by atoms with E-state index in [-0.39, 0.29) is 17.9 Å². The molecule has 0 fully saturated rings. The van der Waals surface area contributed by atoms with Gasteiger partial charge in [0.1, 0.15) is 10.6 Å². The number of aliphatic hydroxyl groups excluding tert-OH is 1. The van der Waals surface area contributed by atoms with Crippen LogP contribution in [0.15, 0.2) is 35.4 Å². The Bertz CT molecular complexity index is 884. The summed E-state index contributed by atoms with van der Waals surface area (Å²) in [5.74, 6) is -0.361. The third-order valence-electron chi connectivity index (χ3n) is 3.78. The van der Waals surface area contributed by atoms with Crippen LogP contribution in [0.5, 0.6) is 0 Å². The van der Waals surface area contributed by atoms with Crippen LogP contribution in [0.3, 0.4) is 0 Å². The topological polar surface area (TPSA) is 55.1 Å². The normalized spacial score (nSPS) is 12.7. The Morgan fingerprint density at radius 2 is 2.00 bits per heavy atom. The number of fused-ring (bicyclic) bond motifs is 1. The lowest BCUT2D eigenvalue weighted by atomic mass is 10.1. The molecule has 0 bridgehead atoms. The van der Waals surface area contributed by atoms with Crippen molar-refractivity contribution < 1.29 is 9.50 Å². The van der Waals surface area contributed by atoms with Crippen molar-refractivity contribution in [3.05, 3.63) is 62.8 Å². The Labute approximate surface area is 130 Å². The first kappa shape index (κ1) is 14.9. The molecule has 6 heteroatoms. The molecule has 2 aromatic heterocycles. The second-order valence-electron chi connectivity index (χ2n) is 5.23. The molecule has 1 N–H and O–H groups in total. The molecule has 3 rings (SSSR count). The highest BCUT2D eigenvalue weighted by molar-refractivity contribution is 7.18. The van der Waals surface area contributed by atoms with E-state index in [1.165, 1.54) is 46.5 Å². The van der Waals surface area contributed by atoms with E-state index in [9.17, 15) is 14.3 Å². The van der Waals surface area contributed by atoms with Crippen molar-refractivity contribution in [2.24, 2.45) is 0 Å². The molecule has 3 aromatic rings. The number of rotatable bonds is 3. The number of hydrogen-bond donors (Lipinski definition) is 1. The molecule has 114 valence electrons. The molecule has 0 spiro atoms. The van der Waals surface area contributed by atoms with Gasteiger partial charge in [-0.15, -0.1) is 11.3 Å². The fraction of sp³-hybridized carbons (Fsp3) is 0.250. The largest absolute Gasteiger partial charge is 0.387 e. The molecule has 0 aliphatic rings. The van der Waals surface area contributed by atoms with Gasteiger partial charge in [-0.05, 0) is 37.1 Å². The maximum absolute atomic E-state index is 12.9. The van der Waals surface area contributed by atoms with Crippen LogP contribution in [-0.2, 0) is 6.54 Å². The molecule has 22 heavy (non-hydrogen) atoms. The molecule has 0 radical (unpaired) electrons. The number of thiophene rings is 1. The highest BCUT2D eigenvalue weighted by Crippen LogP contribution is 2.25. The first-order valence-electron chi connectivity index (χ1n) is 6.86. The zero-order chi connectivity index (χ0) is 15.9. The summed E-state index contributed by atoms with van der Waals surface area (Å²) >= 11 is 1.49. The fourth-order valence-corrected chi connectivity index (χ4v) is 3.36. The Balaban J connectivity index is 1.97. The van der Waals surface area contributed by atoms with Crippen LogP contribution in [0.1, 0.15) is 22.1 Å². The molecule has 4 nitrogen and oxygen atoms in total. The van der Waals surface area contributed by atoms with E-state index in [1.54, 1.807) is 0 Å². The zero-order valence-corrected chi connectivity index (χ0v) is 13.0. The summed E-state index contributed by atoms with van der Waals surface area (Å²) in [5, 5.41) is 10.8. The van der Waals surface area contributed by atoms with Crippen LogP contribution < -0.4 is 5.56 Å². The van der Waals surface area contributed by atoms with Gasteiger partial charge in [-0.2, -0.15) is 0 Å². The molecular weight excluding hydrogens is 303 g/mol. The number of hydrogen-bond acceptors (Lipinski definition) is 4. The van der Waals surface area contributed by atoms with Crippen molar-refractivity contribution in [3.8, 4) is 0 Å². The molecule has 1 aromatic carbocycles. The zero-order valence-electron chi connectivity index (χ0n) is 12.2. The Kier molecular flexibility index (Phi) is 3.80. The van der Waals surface area contributed by atoms with E-state index in [0.717, 1.165) is 10.4 Å². The van der Waals surface area contributed by atoms with Gasteiger partial charge in [-0.3, -0.25) is 9.36 Å². The lowest BCUT2D eigenvalue weighted by Gasteiger charge is -2.12. The Hall–Kier alpha value is -2.05. The maximum Gasteiger partial charge on any atom is 0.262 e. The van der Waals surface area contributed by atoms with Gasteiger partial charge in [0.15, 0.2) is 0 Å². The number of aliphatic hydroxyl groups is 1. The van der Waals surface area contributed by atoms with Crippen molar-refractivity contribution in [2.45, 2.75) is 26.5 Å². The van der Waals surface area contributed by atoms with Crippen LogP contribution in [0.25, 0.3) is 10.2 Å². The molecule has 0 saturated carbocycles. The maximum atomic E-state index is 12.9. The molecule has 0 aliphatic carbocycles. The molecule has 0 amide bonds. The second-order valence-corrected chi connectivity index (χ2v) is 6.44. The highest BCUT2D eigenvalue weighted by Gasteiger charge is 2.15. The van der Waals surface area contributed by atoms with Crippen molar-refractivity contribution in [3.63, 3.8) is 0 Å². The van der Waals surface area contributed by atoms with Gasteiger partial charge in [0, 0.05) is 4.88 Å². The van der Waals surface area contributed by atoms with Gasteiger partial charge in [-0.25, -0.2) is 9.37 Å². The van der Waals surface area contributed by atoms with Crippen molar-refractivity contribution >= 4 is 21.6 Å². The first-order valence-corrected chi connectivity index (χ1v) is 7.67. The second kappa shape index (κ2) is 5.62. The molecule has 1 atom stereocenters. The summed E-state index contributed by atoms with van der Waals surface area (Å²) in [5.41, 5.74) is 1.34. The van der Waals surface area contributed by atoms with Gasteiger partial charge >= 0.3 is 0 Å². The fourth-order valence-electron chi connectivity index (χ4n) is 2.38. The van der Waals surface area contributed by atoms with Crippen LogP contribution in [0, 0.1) is 19.7 Å². The van der Waals surface area contributed by atoms with Crippen molar-refractivity contribution in [2.75, 3.05) is 0 Å². The molecule has 2 heterocycles. The standard InChI is InChI=1S/C16H15FN2O2S/c1-9-10(2)22-15-14(9)16(21)19(8-18-15)7-13(20)11-3-5-12(17)6-4-11/h3-6,8,13,20H,7H2,1-2H3. The minimum atomic E-state index is -0.891. The van der Waals surface area contributed by atoms with E-state index >= 15 is 0 Å². The summed E-state index contributed by atoms with van der Waals surface area (Å²) in [6.45, 7) is 3.94. The molecule has 0 saturated heterocycles. The monoisotopic (exact) mass is 318 g/mol. The van der Waals surface area contributed by atoms with E-state index in [0.29, 0.717) is 15.8 Å². The Morgan fingerprint density at radius 1 is 1.32 bits per heavy atom. The van der Waals surface area contributed by atoms with E-state index in [1.807, 2.05) is 13.8 Å².